The number of amides is 2. The molecule has 1 aromatic rings. The van der Waals surface area contributed by atoms with Gasteiger partial charge in [-0.2, -0.15) is 13.2 Å². The summed E-state index contributed by atoms with van der Waals surface area (Å²) in [5.74, 6) is 0.938. The van der Waals surface area contributed by atoms with Crippen molar-refractivity contribution in [2.75, 3.05) is 37.6 Å². The van der Waals surface area contributed by atoms with Crippen LogP contribution in [0.2, 0.25) is 5.02 Å². The molecule has 0 spiro atoms. The third kappa shape index (κ3) is 4.03. The number of carbonyl (C=O) groups excluding carboxylic acids is 1. The van der Waals surface area contributed by atoms with Gasteiger partial charge >= 0.3 is 12.2 Å². The van der Waals surface area contributed by atoms with Gasteiger partial charge in [-0.15, -0.1) is 0 Å². The largest absolute Gasteiger partial charge is 0.417 e. The van der Waals surface area contributed by atoms with Gasteiger partial charge in [0.15, 0.2) is 0 Å². The van der Waals surface area contributed by atoms with Crippen LogP contribution in [0.4, 0.5) is 23.8 Å². The zero-order valence-corrected chi connectivity index (χ0v) is 13.7. The molecule has 1 aromatic heterocycles. The normalized spacial score (nSPS) is 18.7. The Morgan fingerprint density at radius 3 is 2.50 bits per heavy atom. The molecule has 1 saturated heterocycles. The average Bonchev–Trinajstić information content (AvgIpc) is 3.36. The van der Waals surface area contributed by atoms with Crippen LogP contribution in [0.5, 0.6) is 0 Å². The first-order valence-electron chi connectivity index (χ1n) is 7.85. The van der Waals surface area contributed by atoms with Crippen LogP contribution in [0, 0.1) is 5.92 Å². The van der Waals surface area contributed by atoms with Crippen molar-refractivity contribution >= 4 is 23.4 Å². The number of rotatable bonds is 3. The molecule has 1 N–H and O–H groups in total. The van der Waals surface area contributed by atoms with Crippen molar-refractivity contribution in [3.05, 3.63) is 22.8 Å². The number of alkyl halides is 3. The highest BCUT2D eigenvalue weighted by atomic mass is 35.5. The number of hydrogen-bond donors (Lipinski definition) is 1. The van der Waals surface area contributed by atoms with Gasteiger partial charge in [-0.05, 0) is 24.8 Å². The van der Waals surface area contributed by atoms with Gasteiger partial charge in [-0.1, -0.05) is 11.6 Å². The van der Waals surface area contributed by atoms with Gasteiger partial charge in [0, 0.05) is 38.9 Å². The first-order valence-corrected chi connectivity index (χ1v) is 8.23. The number of anilines is 1. The molecule has 0 radical (unpaired) electrons. The molecule has 2 fully saturated rings. The lowest BCUT2D eigenvalue weighted by Gasteiger charge is -2.35. The first kappa shape index (κ1) is 17.1. The second-order valence-electron chi connectivity index (χ2n) is 6.13. The van der Waals surface area contributed by atoms with E-state index < -0.39 is 11.7 Å². The molecule has 0 bridgehead atoms. The van der Waals surface area contributed by atoms with Crippen LogP contribution in [0.1, 0.15) is 18.4 Å². The molecule has 9 heteroatoms. The summed E-state index contributed by atoms with van der Waals surface area (Å²) in [6.07, 6.45) is -1.33. The second-order valence-corrected chi connectivity index (χ2v) is 6.54. The number of carbonyl (C=O) groups is 1. The van der Waals surface area contributed by atoms with Crippen molar-refractivity contribution in [2.24, 2.45) is 5.92 Å². The van der Waals surface area contributed by atoms with Gasteiger partial charge < -0.3 is 15.1 Å². The minimum absolute atomic E-state index is 0.0311. The maximum atomic E-state index is 12.7. The number of urea groups is 1. The topological polar surface area (TPSA) is 48.5 Å². The van der Waals surface area contributed by atoms with E-state index in [-0.39, 0.29) is 11.1 Å². The smallest absolute Gasteiger partial charge is 0.352 e. The van der Waals surface area contributed by atoms with Crippen LogP contribution >= 0.6 is 11.6 Å². The van der Waals surface area contributed by atoms with Crippen LogP contribution < -0.4 is 10.2 Å². The molecule has 5 nitrogen and oxygen atoms in total. The van der Waals surface area contributed by atoms with E-state index in [1.165, 1.54) is 12.8 Å². The van der Waals surface area contributed by atoms with E-state index in [0.29, 0.717) is 44.5 Å². The average molecular weight is 363 g/mol. The molecule has 0 atom stereocenters. The summed E-state index contributed by atoms with van der Waals surface area (Å²) < 4.78 is 38.0. The summed E-state index contributed by atoms with van der Waals surface area (Å²) in [4.78, 5) is 19.4. The number of pyridine rings is 1. The van der Waals surface area contributed by atoms with Crippen molar-refractivity contribution in [1.29, 1.82) is 0 Å². The van der Waals surface area contributed by atoms with E-state index in [1.54, 1.807) is 9.80 Å². The first-order chi connectivity index (χ1) is 11.3. The molecular formula is C15H18ClF3N4O. The van der Waals surface area contributed by atoms with E-state index in [9.17, 15) is 18.0 Å². The molecule has 132 valence electrons. The zero-order chi connectivity index (χ0) is 17.3. The van der Waals surface area contributed by atoms with E-state index in [4.69, 9.17) is 11.6 Å². The minimum Gasteiger partial charge on any atom is -0.352 e. The van der Waals surface area contributed by atoms with Crippen molar-refractivity contribution in [3.63, 3.8) is 0 Å². The predicted octanol–water partition coefficient (Wildman–Crippen LogP) is 3.00. The highest BCUT2D eigenvalue weighted by molar-refractivity contribution is 6.33. The fourth-order valence-corrected chi connectivity index (χ4v) is 2.89. The van der Waals surface area contributed by atoms with Gasteiger partial charge in [-0.3, -0.25) is 0 Å². The molecular weight excluding hydrogens is 345 g/mol. The van der Waals surface area contributed by atoms with Gasteiger partial charge in [0.2, 0.25) is 0 Å². The van der Waals surface area contributed by atoms with Crippen LogP contribution in [-0.4, -0.2) is 48.6 Å². The Bertz CT molecular complexity index is 613. The molecule has 0 unspecified atom stereocenters. The number of nitrogens with one attached hydrogen (secondary N) is 1. The lowest BCUT2D eigenvalue weighted by atomic mass is 10.2. The lowest BCUT2D eigenvalue weighted by molar-refractivity contribution is -0.137. The molecule has 2 heterocycles. The summed E-state index contributed by atoms with van der Waals surface area (Å²) in [5, 5.41) is 2.88. The summed E-state index contributed by atoms with van der Waals surface area (Å²) in [7, 11) is 0. The van der Waals surface area contributed by atoms with Crippen LogP contribution in [-0.2, 0) is 6.18 Å². The quantitative estimate of drug-likeness (QED) is 0.899. The Balaban J connectivity index is 1.57. The molecule has 1 saturated carbocycles. The van der Waals surface area contributed by atoms with Gasteiger partial charge in [0.05, 0.1) is 10.6 Å². The molecule has 0 aromatic carbocycles. The minimum atomic E-state index is -4.46. The lowest BCUT2D eigenvalue weighted by Crippen LogP contribution is -2.52. The summed E-state index contributed by atoms with van der Waals surface area (Å²) in [6.45, 7) is 2.64. The Morgan fingerprint density at radius 2 is 1.96 bits per heavy atom. The van der Waals surface area contributed by atoms with Crippen LogP contribution in [0.3, 0.4) is 0 Å². The van der Waals surface area contributed by atoms with Gasteiger partial charge in [-0.25, -0.2) is 9.78 Å². The van der Waals surface area contributed by atoms with E-state index in [0.717, 1.165) is 12.3 Å². The second kappa shape index (κ2) is 6.66. The number of hydrogen-bond acceptors (Lipinski definition) is 3. The fraction of sp³-hybridized carbons (Fsp3) is 0.600. The van der Waals surface area contributed by atoms with Gasteiger partial charge in [0.1, 0.15) is 5.82 Å². The van der Waals surface area contributed by atoms with Crippen LogP contribution in [0.15, 0.2) is 12.3 Å². The summed E-state index contributed by atoms with van der Waals surface area (Å²) in [5.41, 5.74) is -0.866. The Hall–Kier alpha value is -1.70. The standard InChI is InChI=1S/C15H18ClF3N4O/c16-12-7-11(15(17,18)19)9-20-13(12)22-3-5-23(6-4-22)14(24)21-8-10-1-2-10/h7,9-10H,1-6,8H2,(H,21,24). The molecule has 1 aliphatic carbocycles. The third-order valence-electron chi connectivity index (χ3n) is 4.25. The molecule has 2 amide bonds. The summed E-state index contributed by atoms with van der Waals surface area (Å²) in [6, 6.07) is 0.798. The SMILES string of the molecule is O=C(NCC1CC1)N1CCN(c2ncc(C(F)(F)F)cc2Cl)CC1. The fourth-order valence-electron chi connectivity index (χ4n) is 2.61. The van der Waals surface area contributed by atoms with Crippen molar-refractivity contribution in [1.82, 2.24) is 15.2 Å². The molecule has 1 aliphatic heterocycles. The van der Waals surface area contributed by atoms with E-state index >= 15 is 0 Å². The third-order valence-corrected chi connectivity index (χ3v) is 4.53. The van der Waals surface area contributed by atoms with Crippen molar-refractivity contribution < 1.29 is 18.0 Å². The Kier molecular flexibility index (Phi) is 4.76. The molecule has 3 rings (SSSR count). The maximum Gasteiger partial charge on any atom is 0.417 e. The van der Waals surface area contributed by atoms with E-state index in [2.05, 4.69) is 10.3 Å². The number of aromatic nitrogens is 1. The van der Waals surface area contributed by atoms with Gasteiger partial charge in [0.25, 0.3) is 0 Å². The Labute approximate surface area is 142 Å². The number of piperazine rings is 1. The number of nitrogens with zero attached hydrogens (tertiary/aromatic N) is 3. The summed E-state index contributed by atoms with van der Waals surface area (Å²) >= 11 is 5.96. The van der Waals surface area contributed by atoms with E-state index in [1.807, 2.05) is 0 Å². The molecule has 24 heavy (non-hydrogen) atoms. The van der Waals surface area contributed by atoms with Crippen molar-refractivity contribution in [3.8, 4) is 0 Å². The molecule has 2 aliphatic rings. The van der Waals surface area contributed by atoms with Crippen LogP contribution in [0.25, 0.3) is 0 Å². The van der Waals surface area contributed by atoms with Crippen molar-refractivity contribution in [2.45, 2.75) is 19.0 Å². The Morgan fingerprint density at radius 1 is 1.29 bits per heavy atom. The highest BCUT2D eigenvalue weighted by Gasteiger charge is 2.32. The predicted molar refractivity (Wildman–Crippen MR) is 84.2 cm³/mol. The monoisotopic (exact) mass is 362 g/mol. The number of halogens is 4. The maximum absolute atomic E-state index is 12.7. The highest BCUT2D eigenvalue weighted by Crippen LogP contribution is 2.33. The zero-order valence-electron chi connectivity index (χ0n) is 12.9.